The van der Waals surface area contributed by atoms with Crippen molar-refractivity contribution in [1.82, 2.24) is 4.98 Å². The summed E-state index contributed by atoms with van der Waals surface area (Å²) in [6, 6.07) is 3.49. The summed E-state index contributed by atoms with van der Waals surface area (Å²) in [5.74, 6) is -2.01. The Morgan fingerprint density at radius 3 is 2.61 bits per heavy atom. The van der Waals surface area contributed by atoms with E-state index in [2.05, 4.69) is 4.98 Å². The van der Waals surface area contributed by atoms with E-state index in [4.69, 9.17) is 5.21 Å². The average molecular weight is 259 g/mol. The van der Waals surface area contributed by atoms with Crippen molar-refractivity contribution >= 4 is 22.4 Å². The lowest BCUT2D eigenvalue weighted by Crippen LogP contribution is -2.22. The van der Waals surface area contributed by atoms with Crippen LogP contribution in [-0.4, -0.2) is 22.2 Å². The number of aromatic amines is 1. The minimum atomic E-state index is -5.00. The monoisotopic (exact) mass is 259 g/mol. The molecule has 2 aromatic rings. The third-order valence-electron chi connectivity index (χ3n) is 2.39. The maximum Gasteiger partial charge on any atom is 0.454 e. The van der Waals surface area contributed by atoms with Gasteiger partial charge < -0.3 is 15.4 Å². The number of fused-ring (bicyclic) bond motifs is 1. The molecule has 96 valence electrons. The lowest BCUT2D eigenvalue weighted by molar-refractivity contribution is -0.0884. The van der Waals surface area contributed by atoms with Crippen LogP contribution < -0.4 is 5.23 Å². The minimum absolute atomic E-state index is 0.0790. The first-order valence-electron chi connectivity index (χ1n) is 4.69. The molecule has 1 aromatic heterocycles. The molecule has 2 rings (SSSR count). The quantitative estimate of drug-likeness (QED) is 0.641. The zero-order valence-electron chi connectivity index (χ0n) is 8.65. The molecule has 8 heteroatoms. The molecule has 0 amide bonds. The summed E-state index contributed by atoms with van der Waals surface area (Å²) in [7, 11) is 0. The number of carbonyl (C=O) groups excluding carboxylic acids is 1. The molecule has 0 aliphatic rings. The van der Waals surface area contributed by atoms with E-state index >= 15 is 0 Å². The van der Waals surface area contributed by atoms with Gasteiger partial charge in [0.1, 0.15) is 0 Å². The number of halogens is 3. The average Bonchev–Trinajstić information content (AvgIpc) is 2.68. The highest BCUT2D eigenvalue weighted by Gasteiger charge is 2.40. The van der Waals surface area contributed by atoms with Crippen molar-refractivity contribution in [1.29, 1.82) is 0 Å². The number of hydrogen-bond donors (Lipinski definition) is 2. The van der Waals surface area contributed by atoms with Crippen molar-refractivity contribution in [3.63, 3.8) is 0 Å². The largest absolute Gasteiger partial charge is 0.733 e. The van der Waals surface area contributed by atoms with Gasteiger partial charge in [-0.2, -0.15) is 13.2 Å². The molecule has 0 atom stereocenters. The molecule has 0 radical (unpaired) electrons. The van der Waals surface area contributed by atoms with Crippen LogP contribution >= 0.6 is 0 Å². The molecule has 1 heterocycles. The van der Waals surface area contributed by atoms with Crippen LogP contribution in [0.4, 0.5) is 18.9 Å². The van der Waals surface area contributed by atoms with Crippen molar-refractivity contribution in [2.75, 3.05) is 5.23 Å². The molecule has 0 aliphatic carbocycles. The van der Waals surface area contributed by atoms with Crippen LogP contribution in [0.2, 0.25) is 0 Å². The van der Waals surface area contributed by atoms with Gasteiger partial charge in [0, 0.05) is 17.1 Å². The number of benzene rings is 1. The van der Waals surface area contributed by atoms with Crippen molar-refractivity contribution < 1.29 is 23.2 Å². The number of ketones is 1. The summed E-state index contributed by atoms with van der Waals surface area (Å²) >= 11 is 0. The van der Waals surface area contributed by atoms with E-state index in [1.807, 2.05) is 0 Å². The predicted octanol–water partition coefficient (Wildman–Crippen LogP) is 2.61. The fraction of sp³-hybridized carbons (Fsp3) is 0.100. The molecule has 5 nitrogen and oxygen atoms in total. The third-order valence-corrected chi connectivity index (χ3v) is 2.39. The number of alkyl halides is 3. The Morgan fingerprint density at radius 1 is 1.39 bits per heavy atom. The molecular weight excluding hydrogens is 253 g/mol. The van der Waals surface area contributed by atoms with Crippen LogP contribution in [0.25, 0.3) is 10.9 Å². The number of aromatic nitrogens is 1. The van der Waals surface area contributed by atoms with Crippen LogP contribution in [-0.2, 0) is 0 Å². The van der Waals surface area contributed by atoms with Crippen molar-refractivity contribution in [2.45, 2.75) is 6.18 Å². The van der Waals surface area contributed by atoms with E-state index in [-0.39, 0.29) is 16.6 Å². The lowest BCUT2D eigenvalue weighted by atomic mass is 10.1. The van der Waals surface area contributed by atoms with Crippen LogP contribution in [0.5, 0.6) is 0 Å². The number of rotatable bonds is 2. The van der Waals surface area contributed by atoms with E-state index in [9.17, 15) is 23.2 Å². The second-order valence-corrected chi connectivity index (χ2v) is 3.53. The zero-order chi connectivity index (χ0) is 13.5. The second-order valence-electron chi connectivity index (χ2n) is 3.53. The van der Waals surface area contributed by atoms with Gasteiger partial charge in [-0.05, 0) is 18.2 Å². The first-order chi connectivity index (χ1) is 8.30. The van der Waals surface area contributed by atoms with Crippen molar-refractivity contribution in [2.24, 2.45) is 0 Å². The van der Waals surface area contributed by atoms with Gasteiger partial charge in [0.05, 0.1) is 11.3 Å². The fourth-order valence-electron chi connectivity index (χ4n) is 1.57. The highest BCUT2D eigenvalue weighted by atomic mass is 19.4. The van der Waals surface area contributed by atoms with Gasteiger partial charge in [0.2, 0.25) is 0 Å². The maximum absolute atomic E-state index is 12.3. The van der Waals surface area contributed by atoms with E-state index < -0.39 is 22.7 Å². The number of anilines is 1. The molecule has 1 aromatic carbocycles. The molecular formula is C10H6F3N2O3-. The summed E-state index contributed by atoms with van der Waals surface area (Å²) in [4.78, 5) is 13.6. The summed E-state index contributed by atoms with van der Waals surface area (Å²) in [6.07, 6.45) is -4.09. The summed E-state index contributed by atoms with van der Waals surface area (Å²) < 4.78 is 36.9. The minimum Gasteiger partial charge on any atom is -0.733 e. The molecule has 0 spiro atoms. The van der Waals surface area contributed by atoms with Gasteiger partial charge in [0.15, 0.2) is 0 Å². The van der Waals surface area contributed by atoms with Gasteiger partial charge in [0.25, 0.3) is 5.78 Å². The number of carbonyl (C=O) groups is 1. The van der Waals surface area contributed by atoms with E-state index in [1.54, 1.807) is 0 Å². The van der Waals surface area contributed by atoms with Crippen LogP contribution in [0, 0.1) is 5.21 Å². The van der Waals surface area contributed by atoms with Crippen LogP contribution in [0.3, 0.4) is 0 Å². The van der Waals surface area contributed by atoms with E-state index in [0.29, 0.717) is 0 Å². The van der Waals surface area contributed by atoms with E-state index in [1.165, 1.54) is 12.1 Å². The Kier molecular flexibility index (Phi) is 2.76. The molecule has 0 saturated heterocycles. The predicted molar refractivity (Wildman–Crippen MR) is 56.3 cm³/mol. The molecule has 2 N–H and O–H groups in total. The first kappa shape index (κ1) is 12.4. The van der Waals surface area contributed by atoms with Crippen molar-refractivity contribution in [3.05, 3.63) is 35.2 Å². The topological polar surface area (TPSA) is 79.4 Å². The number of H-pyrrole nitrogens is 1. The van der Waals surface area contributed by atoms with Crippen LogP contribution in [0.15, 0.2) is 24.4 Å². The zero-order valence-corrected chi connectivity index (χ0v) is 8.65. The Hall–Kier alpha value is -2.06. The Bertz CT molecular complexity index is 604. The maximum atomic E-state index is 12.3. The van der Waals surface area contributed by atoms with Gasteiger partial charge >= 0.3 is 6.18 Å². The number of nitrogens with zero attached hydrogens (tertiary/aromatic N) is 1. The fourth-order valence-corrected chi connectivity index (χ4v) is 1.57. The summed E-state index contributed by atoms with van der Waals surface area (Å²) in [5.41, 5.74) is -0.604. The molecule has 0 unspecified atom stereocenters. The molecule has 0 fully saturated rings. The van der Waals surface area contributed by atoms with Gasteiger partial charge in [-0.1, -0.05) is 0 Å². The molecule has 0 aliphatic heterocycles. The molecule has 0 bridgehead atoms. The Morgan fingerprint density at radius 2 is 2.06 bits per heavy atom. The Balaban J connectivity index is 2.59. The lowest BCUT2D eigenvalue weighted by Gasteiger charge is -2.21. The third kappa shape index (κ3) is 2.03. The molecule has 18 heavy (non-hydrogen) atoms. The Labute approximate surface area is 98.0 Å². The van der Waals surface area contributed by atoms with Gasteiger partial charge in [-0.25, -0.2) is 0 Å². The number of hydrogen-bond acceptors (Lipinski definition) is 4. The second kappa shape index (κ2) is 4.00. The van der Waals surface area contributed by atoms with Gasteiger partial charge in [-0.15, -0.1) is 0 Å². The normalized spacial score (nSPS) is 11.8. The highest BCUT2D eigenvalue weighted by molar-refractivity contribution is 6.11. The van der Waals surface area contributed by atoms with Gasteiger partial charge in [-0.3, -0.25) is 10.0 Å². The smallest absolute Gasteiger partial charge is 0.454 e. The highest BCUT2D eigenvalue weighted by Crippen LogP contribution is 2.29. The number of nitrogens with one attached hydrogen (secondary N) is 1. The standard InChI is InChI=1S/C10H6F3N2O3/c11-10(12,13)9(16)7-4-14-8-2-1-5(15(17)18)3-6(7)8/h1-4,14,17H/q-1. The SMILES string of the molecule is O=C(c1c[nH]c2ccc(N([O-])O)cc12)C(F)(F)F. The number of Topliss-reactive ketones (excluding diaryl/α,β-unsaturated/α-hetero) is 1. The summed E-state index contributed by atoms with van der Waals surface area (Å²) in [6.45, 7) is 0. The van der Waals surface area contributed by atoms with Crippen LogP contribution in [0.1, 0.15) is 10.4 Å². The molecule has 0 saturated carbocycles. The van der Waals surface area contributed by atoms with Crippen molar-refractivity contribution in [3.8, 4) is 0 Å². The first-order valence-corrected chi connectivity index (χ1v) is 4.69. The summed E-state index contributed by atoms with van der Waals surface area (Å²) in [5, 5.41) is 18.7. The van der Waals surface area contributed by atoms with E-state index in [0.717, 1.165) is 12.3 Å².